The van der Waals surface area contributed by atoms with E-state index < -0.39 is 0 Å². The molecule has 8 heteroatoms. The number of hydrogen-bond donors (Lipinski definition) is 2. The fourth-order valence-electron chi connectivity index (χ4n) is 2.51. The molecule has 3 aromatic rings. The molecule has 27 heavy (non-hydrogen) atoms. The second kappa shape index (κ2) is 8.70. The third-order valence-corrected chi connectivity index (χ3v) is 3.97. The van der Waals surface area contributed by atoms with Crippen LogP contribution in [0.5, 0.6) is 11.5 Å². The summed E-state index contributed by atoms with van der Waals surface area (Å²) in [6.07, 6.45) is 3.16. The first-order valence-corrected chi connectivity index (χ1v) is 8.38. The molecular weight excluding hydrogens is 344 g/mol. The Morgan fingerprint density at radius 3 is 2.48 bits per heavy atom. The third-order valence-electron chi connectivity index (χ3n) is 3.97. The zero-order valence-corrected chi connectivity index (χ0v) is 15.3. The number of aliphatic imine (C=N–C) groups is 1. The number of rotatable bonds is 7. The van der Waals surface area contributed by atoms with Crippen molar-refractivity contribution in [1.29, 1.82) is 0 Å². The summed E-state index contributed by atoms with van der Waals surface area (Å²) in [5, 5.41) is 7.21. The van der Waals surface area contributed by atoms with Gasteiger partial charge in [-0.2, -0.15) is 5.10 Å². The molecular formula is C19H22N6O2. The molecule has 0 fully saturated rings. The van der Waals surface area contributed by atoms with Crippen molar-refractivity contribution in [3.8, 4) is 17.2 Å². The van der Waals surface area contributed by atoms with Crippen molar-refractivity contribution in [2.75, 3.05) is 14.2 Å². The monoisotopic (exact) mass is 366 g/mol. The molecule has 0 aliphatic carbocycles. The Morgan fingerprint density at radius 2 is 1.81 bits per heavy atom. The van der Waals surface area contributed by atoms with Crippen molar-refractivity contribution in [3.63, 3.8) is 0 Å². The first-order valence-electron chi connectivity index (χ1n) is 8.38. The molecule has 8 nitrogen and oxygen atoms in total. The van der Waals surface area contributed by atoms with E-state index >= 15 is 0 Å². The first-order chi connectivity index (χ1) is 13.2. The smallest absolute Gasteiger partial charge is 0.189 e. The minimum atomic E-state index is 0.380. The van der Waals surface area contributed by atoms with E-state index in [1.165, 1.54) is 6.33 Å². The van der Waals surface area contributed by atoms with E-state index in [4.69, 9.17) is 15.2 Å². The fourth-order valence-corrected chi connectivity index (χ4v) is 2.51. The largest absolute Gasteiger partial charge is 0.493 e. The Bertz CT molecular complexity index is 891. The van der Waals surface area contributed by atoms with Crippen molar-refractivity contribution in [2.24, 2.45) is 10.7 Å². The summed E-state index contributed by atoms with van der Waals surface area (Å²) in [4.78, 5) is 8.30. The van der Waals surface area contributed by atoms with E-state index in [1.807, 2.05) is 42.5 Å². The number of hydrogen-bond acceptors (Lipinski definition) is 5. The van der Waals surface area contributed by atoms with Crippen LogP contribution in [-0.4, -0.2) is 34.9 Å². The highest BCUT2D eigenvalue weighted by Gasteiger charge is 2.04. The van der Waals surface area contributed by atoms with Crippen LogP contribution in [0.25, 0.3) is 5.69 Å². The summed E-state index contributed by atoms with van der Waals surface area (Å²) in [5.74, 6) is 1.74. The summed E-state index contributed by atoms with van der Waals surface area (Å²) >= 11 is 0. The average Bonchev–Trinajstić information content (AvgIpc) is 3.25. The lowest BCUT2D eigenvalue weighted by atomic mass is 10.2. The van der Waals surface area contributed by atoms with Gasteiger partial charge in [0.05, 0.1) is 26.5 Å². The molecule has 1 aromatic heterocycles. The normalized spacial score (nSPS) is 11.3. The third kappa shape index (κ3) is 4.75. The molecule has 0 aliphatic rings. The van der Waals surface area contributed by atoms with Crippen LogP contribution >= 0.6 is 0 Å². The van der Waals surface area contributed by atoms with E-state index in [1.54, 1.807) is 25.2 Å². The first kappa shape index (κ1) is 18.2. The minimum absolute atomic E-state index is 0.380. The van der Waals surface area contributed by atoms with Crippen LogP contribution in [0.3, 0.4) is 0 Å². The molecule has 0 radical (unpaired) electrons. The molecule has 2 aromatic carbocycles. The molecule has 0 atom stereocenters. The van der Waals surface area contributed by atoms with E-state index in [9.17, 15) is 0 Å². The highest BCUT2D eigenvalue weighted by molar-refractivity contribution is 5.77. The molecule has 1 heterocycles. The molecule has 0 saturated heterocycles. The van der Waals surface area contributed by atoms with Crippen LogP contribution in [0.4, 0.5) is 0 Å². The minimum Gasteiger partial charge on any atom is -0.493 e. The predicted molar refractivity (Wildman–Crippen MR) is 103 cm³/mol. The number of guanidine groups is 1. The van der Waals surface area contributed by atoms with Gasteiger partial charge in [-0.05, 0) is 35.4 Å². The summed E-state index contributed by atoms with van der Waals surface area (Å²) < 4.78 is 12.2. The molecule has 0 bridgehead atoms. The van der Waals surface area contributed by atoms with Crippen molar-refractivity contribution in [3.05, 3.63) is 66.2 Å². The number of benzene rings is 2. The zero-order valence-electron chi connectivity index (χ0n) is 15.3. The van der Waals surface area contributed by atoms with Gasteiger partial charge in [-0.3, -0.25) is 0 Å². The molecule has 0 aliphatic heterocycles. The van der Waals surface area contributed by atoms with Gasteiger partial charge < -0.3 is 20.5 Å². The summed E-state index contributed by atoms with van der Waals surface area (Å²) in [6.45, 7) is 1.03. The van der Waals surface area contributed by atoms with E-state index in [0.717, 1.165) is 16.8 Å². The van der Waals surface area contributed by atoms with Crippen LogP contribution in [0.15, 0.2) is 60.1 Å². The molecule has 0 spiro atoms. The van der Waals surface area contributed by atoms with Gasteiger partial charge in [0.15, 0.2) is 17.5 Å². The van der Waals surface area contributed by atoms with Crippen molar-refractivity contribution in [2.45, 2.75) is 13.1 Å². The summed E-state index contributed by atoms with van der Waals surface area (Å²) in [7, 11) is 3.21. The Labute approximate surface area is 157 Å². The number of methoxy groups -OCH3 is 2. The standard InChI is InChI=1S/C19H22N6O2/c1-26-17-8-5-15(9-18(17)27-2)11-23-19(20)22-10-14-3-6-16(7-4-14)25-13-21-12-24-25/h3-9,12-13H,10-11H2,1-2H3,(H3,20,22,23). The van der Waals surface area contributed by atoms with Crippen molar-refractivity contribution in [1.82, 2.24) is 20.1 Å². The number of ether oxygens (including phenoxy) is 2. The SMILES string of the molecule is COc1ccc(CN=C(N)NCc2ccc(-n3cncn3)cc2)cc1OC. The highest BCUT2D eigenvalue weighted by Crippen LogP contribution is 2.27. The van der Waals surface area contributed by atoms with Crippen LogP contribution in [-0.2, 0) is 13.1 Å². The zero-order chi connectivity index (χ0) is 19.1. The van der Waals surface area contributed by atoms with Gasteiger partial charge in [0.2, 0.25) is 0 Å². The van der Waals surface area contributed by atoms with Crippen LogP contribution in [0.2, 0.25) is 0 Å². The number of nitrogens with two attached hydrogens (primary N) is 1. The molecule has 140 valence electrons. The topological polar surface area (TPSA) is 99.6 Å². The van der Waals surface area contributed by atoms with Gasteiger partial charge in [0.1, 0.15) is 12.7 Å². The Morgan fingerprint density at radius 1 is 1.07 bits per heavy atom. The Balaban J connectivity index is 1.55. The van der Waals surface area contributed by atoms with Gasteiger partial charge in [-0.25, -0.2) is 14.7 Å². The number of nitrogens with one attached hydrogen (secondary N) is 1. The molecule has 0 unspecified atom stereocenters. The predicted octanol–water partition coefficient (Wildman–Crippen LogP) is 1.89. The lowest BCUT2D eigenvalue weighted by molar-refractivity contribution is 0.354. The molecule has 3 rings (SSSR count). The maximum Gasteiger partial charge on any atom is 0.189 e. The summed E-state index contributed by atoms with van der Waals surface area (Å²) in [6, 6.07) is 13.6. The van der Waals surface area contributed by atoms with Crippen molar-refractivity contribution < 1.29 is 9.47 Å². The van der Waals surface area contributed by atoms with Crippen LogP contribution < -0.4 is 20.5 Å². The Kier molecular flexibility index (Phi) is 5.88. The maximum absolute atomic E-state index is 5.96. The van der Waals surface area contributed by atoms with Gasteiger partial charge in [-0.1, -0.05) is 18.2 Å². The molecule has 3 N–H and O–H groups in total. The van der Waals surface area contributed by atoms with Gasteiger partial charge in [0.25, 0.3) is 0 Å². The second-order valence-corrected chi connectivity index (χ2v) is 5.75. The molecule has 0 amide bonds. The lowest BCUT2D eigenvalue weighted by Gasteiger charge is -2.09. The fraction of sp³-hybridized carbons (Fsp3) is 0.211. The number of aromatic nitrogens is 3. The lowest BCUT2D eigenvalue weighted by Crippen LogP contribution is -2.31. The Hall–Kier alpha value is -3.55. The quantitative estimate of drug-likeness (QED) is 0.489. The van der Waals surface area contributed by atoms with Gasteiger partial charge >= 0.3 is 0 Å². The maximum atomic E-state index is 5.96. The van der Waals surface area contributed by atoms with E-state index in [2.05, 4.69) is 20.4 Å². The number of nitrogens with zero attached hydrogens (tertiary/aromatic N) is 4. The highest BCUT2D eigenvalue weighted by atomic mass is 16.5. The van der Waals surface area contributed by atoms with Crippen LogP contribution in [0.1, 0.15) is 11.1 Å². The van der Waals surface area contributed by atoms with Crippen molar-refractivity contribution >= 4 is 5.96 Å². The summed E-state index contributed by atoms with van der Waals surface area (Å²) in [5.41, 5.74) is 8.98. The van der Waals surface area contributed by atoms with E-state index in [-0.39, 0.29) is 0 Å². The second-order valence-electron chi connectivity index (χ2n) is 5.75. The van der Waals surface area contributed by atoms with Crippen LogP contribution in [0, 0.1) is 0 Å². The average molecular weight is 366 g/mol. The van der Waals surface area contributed by atoms with Gasteiger partial charge in [0, 0.05) is 6.54 Å². The van der Waals surface area contributed by atoms with E-state index in [0.29, 0.717) is 30.5 Å². The molecule has 0 saturated carbocycles. The van der Waals surface area contributed by atoms with Gasteiger partial charge in [-0.15, -0.1) is 0 Å².